The van der Waals surface area contributed by atoms with Crippen LogP contribution in [-0.2, 0) is 0 Å². The van der Waals surface area contributed by atoms with Gasteiger partial charge in [-0.25, -0.2) is 8.78 Å². The lowest BCUT2D eigenvalue weighted by atomic mass is 10.1. The van der Waals surface area contributed by atoms with Crippen molar-refractivity contribution in [2.75, 3.05) is 12.4 Å². The second kappa shape index (κ2) is 5.96. The Kier molecular flexibility index (Phi) is 4.87. The summed E-state index contributed by atoms with van der Waals surface area (Å²) in [6, 6.07) is 3.19. The number of halogens is 3. The highest BCUT2D eigenvalue weighted by Gasteiger charge is 2.24. The van der Waals surface area contributed by atoms with Crippen molar-refractivity contribution in [2.24, 2.45) is 0 Å². The molecular weight excluding hydrogens is 248 g/mol. The Morgan fingerprint density at radius 1 is 1.35 bits per heavy atom. The van der Waals surface area contributed by atoms with Crippen LogP contribution in [0.3, 0.4) is 0 Å². The van der Waals surface area contributed by atoms with Gasteiger partial charge in [0.15, 0.2) is 0 Å². The fourth-order valence-corrected chi connectivity index (χ4v) is 1.71. The zero-order chi connectivity index (χ0) is 13.0. The standard InChI is InChI=1S/C12H14ClF2NO/c1-8(2)16(7-6-13)12(17)11-9(14)4-3-5-10(11)15/h3-5,8H,6-7H2,1-2H3. The van der Waals surface area contributed by atoms with Crippen LogP contribution in [0.2, 0.25) is 0 Å². The summed E-state index contributed by atoms with van der Waals surface area (Å²) >= 11 is 5.57. The highest BCUT2D eigenvalue weighted by Crippen LogP contribution is 2.16. The average Bonchev–Trinajstić information content (AvgIpc) is 2.24. The van der Waals surface area contributed by atoms with Crippen LogP contribution in [0.4, 0.5) is 8.78 Å². The number of benzene rings is 1. The molecule has 0 heterocycles. The van der Waals surface area contributed by atoms with Crippen LogP contribution >= 0.6 is 11.6 Å². The van der Waals surface area contributed by atoms with Gasteiger partial charge in [0.05, 0.1) is 0 Å². The molecule has 0 N–H and O–H groups in total. The van der Waals surface area contributed by atoms with Crippen molar-refractivity contribution in [3.05, 3.63) is 35.4 Å². The van der Waals surface area contributed by atoms with Gasteiger partial charge in [0, 0.05) is 18.5 Å². The number of alkyl halides is 1. The maximum Gasteiger partial charge on any atom is 0.260 e. The molecule has 0 aliphatic carbocycles. The van der Waals surface area contributed by atoms with Crippen LogP contribution in [0.25, 0.3) is 0 Å². The summed E-state index contributed by atoms with van der Waals surface area (Å²) < 4.78 is 26.9. The second-order valence-corrected chi connectivity index (χ2v) is 4.26. The summed E-state index contributed by atoms with van der Waals surface area (Å²) in [5.41, 5.74) is -0.522. The average molecular weight is 262 g/mol. The van der Waals surface area contributed by atoms with Gasteiger partial charge in [-0.05, 0) is 26.0 Å². The quantitative estimate of drug-likeness (QED) is 0.763. The summed E-state index contributed by atoms with van der Waals surface area (Å²) in [7, 11) is 0. The largest absolute Gasteiger partial charge is 0.335 e. The second-order valence-electron chi connectivity index (χ2n) is 3.88. The van der Waals surface area contributed by atoms with Gasteiger partial charge in [0.1, 0.15) is 17.2 Å². The van der Waals surface area contributed by atoms with Crippen LogP contribution in [0.5, 0.6) is 0 Å². The smallest absolute Gasteiger partial charge is 0.260 e. The van der Waals surface area contributed by atoms with Crippen LogP contribution in [0, 0.1) is 11.6 Å². The predicted molar refractivity (Wildman–Crippen MR) is 63.3 cm³/mol. The third-order valence-corrected chi connectivity index (χ3v) is 2.56. The molecule has 94 valence electrons. The minimum atomic E-state index is -0.852. The molecule has 0 saturated heterocycles. The molecule has 0 unspecified atom stereocenters. The van der Waals surface area contributed by atoms with Gasteiger partial charge in [-0.3, -0.25) is 4.79 Å². The summed E-state index contributed by atoms with van der Waals surface area (Å²) in [5.74, 6) is -2.15. The molecule has 17 heavy (non-hydrogen) atoms. The van der Waals surface area contributed by atoms with E-state index in [4.69, 9.17) is 11.6 Å². The molecule has 1 rings (SSSR count). The van der Waals surface area contributed by atoms with Crippen LogP contribution in [0.1, 0.15) is 24.2 Å². The summed E-state index contributed by atoms with van der Waals surface area (Å²) in [6.45, 7) is 3.79. The Morgan fingerprint density at radius 3 is 2.29 bits per heavy atom. The van der Waals surface area contributed by atoms with E-state index in [0.29, 0.717) is 0 Å². The van der Waals surface area contributed by atoms with Crippen molar-refractivity contribution < 1.29 is 13.6 Å². The molecule has 2 nitrogen and oxygen atoms in total. The van der Waals surface area contributed by atoms with Gasteiger partial charge >= 0.3 is 0 Å². The molecule has 0 aliphatic rings. The van der Waals surface area contributed by atoms with E-state index in [0.717, 1.165) is 12.1 Å². The highest BCUT2D eigenvalue weighted by atomic mass is 35.5. The minimum absolute atomic E-state index is 0.166. The zero-order valence-corrected chi connectivity index (χ0v) is 10.5. The van der Waals surface area contributed by atoms with Crippen molar-refractivity contribution in [2.45, 2.75) is 19.9 Å². The zero-order valence-electron chi connectivity index (χ0n) is 9.71. The molecule has 0 atom stereocenters. The Bertz CT molecular complexity index is 389. The first-order chi connectivity index (χ1) is 7.99. The Hall–Kier alpha value is -1.16. The number of carbonyl (C=O) groups is 1. The lowest BCUT2D eigenvalue weighted by Gasteiger charge is -2.26. The van der Waals surface area contributed by atoms with Gasteiger partial charge in [-0.1, -0.05) is 6.07 Å². The molecule has 0 saturated carbocycles. The lowest BCUT2D eigenvalue weighted by molar-refractivity contribution is 0.0708. The summed E-state index contributed by atoms with van der Waals surface area (Å²) in [5, 5.41) is 0. The van der Waals surface area contributed by atoms with Gasteiger partial charge in [-0.2, -0.15) is 0 Å². The Balaban J connectivity index is 3.09. The molecule has 0 fully saturated rings. The van der Waals surface area contributed by atoms with Crippen LogP contribution in [-0.4, -0.2) is 29.3 Å². The van der Waals surface area contributed by atoms with Crippen molar-refractivity contribution >= 4 is 17.5 Å². The first-order valence-corrected chi connectivity index (χ1v) is 5.83. The number of rotatable bonds is 4. The van der Waals surface area contributed by atoms with E-state index < -0.39 is 23.1 Å². The maximum atomic E-state index is 13.4. The fourth-order valence-electron chi connectivity index (χ4n) is 1.53. The third-order valence-electron chi connectivity index (χ3n) is 2.39. The van der Waals surface area contributed by atoms with E-state index in [1.54, 1.807) is 13.8 Å². The molecule has 1 aromatic carbocycles. The Morgan fingerprint density at radius 2 is 1.88 bits per heavy atom. The molecule has 0 bridgehead atoms. The first-order valence-electron chi connectivity index (χ1n) is 5.30. The van der Waals surface area contributed by atoms with Crippen molar-refractivity contribution in [3.8, 4) is 0 Å². The number of carbonyl (C=O) groups excluding carboxylic acids is 1. The van der Waals surface area contributed by atoms with Crippen LogP contribution in [0.15, 0.2) is 18.2 Å². The van der Waals surface area contributed by atoms with Gasteiger partial charge in [0.25, 0.3) is 5.91 Å². The highest BCUT2D eigenvalue weighted by molar-refractivity contribution is 6.18. The number of hydrogen-bond acceptors (Lipinski definition) is 1. The lowest BCUT2D eigenvalue weighted by Crippen LogP contribution is -2.39. The van der Waals surface area contributed by atoms with Crippen molar-refractivity contribution in [1.82, 2.24) is 4.90 Å². The number of nitrogens with zero attached hydrogens (tertiary/aromatic N) is 1. The monoisotopic (exact) mass is 261 g/mol. The van der Waals surface area contributed by atoms with E-state index >= 15 is 0 Å². The fraction of sp³-hybridized carbons (Fsp3) is 0.417. The van der Waals surface area contributed by atoms with E-state index in [2.05, 4.69) is 0 Å². The van der Waals surface area contributed by atoms with Gasteiger partial charge in [-0.15, -0.1) is 11.6 Å². The van der Waals surface area contributed by atoms with E-state index in [1.165, 1.54) is 11.0 Å². The maximum absolute atomic E-state index is 13.4. The van der Waals surface area contributed by atoms with E-state index in [-0.39, 0.29) is 18.5 Å². The Labute approximate surface area is 104 Å². The number of hydrogen-bond donors (Lipinski definition) is 0. The van der Waals surface area contributed by atoms with Gasteiger partial charge < -0.3 is 4.90 Å². The van der Waals surface area contributed by atoms with E-state index in [1.807, 2.05) is 0 Å². The van der Waals surface area contributed by atoms with Crippen molar-refractivity contribution in [3.63, 3.8) is 0 Å². The molecular formula is C12H14ClF2NO. The normalized spacial score (nSPS) is 10.7. The third kappa shape index (κ3) is 3.16. The summed E-state index contributed by atoms with van der Waals surface area (Å²) in [4.78, 5) is 13.3. The molecule has 5 heteroatoms. The predicted octanol–water partition coefficient (Wildman–Crippen LogP) is 3.05. The van der Waals surface area contributed by atoms with Gasteiger partial charge in [0.2, 0.25) is 0 Å². The molecule has 1 amide bonds. The minimum Gasteiger partial charge on any atom is -0.335 e. The van der Waals surface area contributed by atoms with Crippen LogP contribution < -0.4 is 0 Å². The molecule has 0 spiro atoms. The topological polar surface area (TPSA) is 20.3 Å². The molecule has 1 aromatic rings. The number of amides is 1. The molecule has 0 radical (unpaired) electrons. The molecule has 0 aromatic heterocycles. The SMILES string of the molecule is CC(C)N(CCCl)C(=O)c1c(F)cccc1F. The first kappa shape index (κ1) is 13.9. The van der Waals surface area contributed by atoms with Crippen molar-refractivity contribution in [1.29, 1.82) is 0 Å². The summed E-state index contributed by atoms with van der Waals surface area (Å²) in [6.07, 6.45) is 0. The van der Waals surface area contributed by atoms with E-state index in [9.17, 15) is 13.6 Å². The molecule has 0 aliphatic heterocycles.